The van der Waals surface area contributed by atoms with E-state index in [0.29, 0.717) is 6.54 Å². The number of unbranched alkanes of at least 4 members (excludes halogenated alkanes) is 1. The molecule has 1 rings (SSSR count). The van der Waals surface area contributed by atoms with Gasteiger partial charge in [0.25, 0.3) is 0 Å². The Balaban J connectivity index is 2.39. The van der Waals surface area contributed by atoms with Gasteiger partial charge in [0.1, 0.15) is 0 Å². The van der Waals surface area contributed by atoms with E-state index in [0.717, 1.165) is 43.7 Å². The van der Waals surface area contributed by atoms with Crippen LogP contribution < -0.4 is 10.9 Å². The van der Waals surface area contributed by atoms with Crippen LogP contribution in [0.4, 0.5) is 0 Å². The van der Waals surface area contributed by atoms with Crippen LogP contribution in [0.25, 0.3) is 0 Å². The Morgan fingerprint density at radius 1 is 1.33 bits per heavy atom. The molecule has 1 unspecified atom stereocenters. The lowest BCUT2D eigenvalue weighted by Gasteiger charge is -2.42. The number of amides is 1. The van der Waals surface area contributed by atoms with E-state index in [1.165, 1.54) is 18.4 Å². The molecule has 1 fully saturated rings. The van der Waals surface area contributed by atoms with Gasteiger partial charge in [-0.25, -0.2) is 5.43 Å². The average molecular weight is 375 g/mol. The monoisotopic (exact) mass is 374 g/mol. The lowest BCUT2D eigenvalue weighted by atomic mass is 10.0. The van der Waals surface area contributed by atoms with Crippen molar-refractivity contribution in [3.05, 3.63) is 48.9 Å². The predicted molar refractivity (Wildman–Crippen MR) is 115 cm³/mol. The van der Waals surface area contributed by atoms with Gasteiger partial charge in [-0.05, 0) is 39.5 Å². The molecular formula is C22H38N4O. The molecule has 1 amide bonds. The van der Waals surface area contributed by atoms with Gasteiger partial charge in [-0.2, -0.15) is 0 Å². The summed E-state index contributed by atoms with van der Waals surface area (Å²) in [6.45, 7) is 20.6. The minimum Gasteiger partial charge on any atom is -0.372 e. The van der Waals surface area contributed by atoms with Crippen molar-refractivity contribution in [2.24, 2.45) is 0 Å². The van der Waals surface area contributed by atoms with Crippen LogP contribution in [0, 0.1) is 0 Å². The molecule has 27 heavy (non-hydrogen) atoms. The second-order valence-corrected chi connectivity index (χ2v) is 7.41. The smallest absolute Gasteiger partial charge is 0.239 e. The van der Waals surface area contributed by atoms with E-state index in [-0.39, 0.29) is 18.5 Å². The van der Waals surface area contributed by atoms with E-state index in [1.807, 2.05) is 17.9 Å². The summed E-state index contributed by atoms with van der Waals surface area (Å²) in [6, 6.07) is 0.186. The molecule has 0 aromatic carbocycles. The Morgan fingerprint density at radius 3 is 2.70 bits per heavy atom. The van der Waals surface area contributed by atoms with Gasteiger partial charge in [-0.1, -0.05) is 50.8 Å². The molecule has 1 aliphatic heterocycles. The van der Waals surface area contributed by atoms with Crippen molar-refractivity contribution in [3.8, 4) is 0 Å². The first-order chi connectivity index (χ1) is 12.9. The maximum Gasteiger partial charge on any atom is 0.239 e. The van der Waals surface area contributed by atoms with E-state index in [2.05, 4.69) is 55.4 Å². The number of hydrazine groups is 1. The quantitative estimate of drug-likeness (QED) is 0.310. The van der Waals surface area contributed by atoms with Crippen LogP contribution >= 0.6 is 0 Å². The van der Waals surface area contributed by atoms with Gasteiger partial charge in [0.15, 0.2) is 0 Å². The maximum atomic E-state index is 12.4. The summed E-state index contributed by atoms with van der Waals surface area (Å²) >= 11 is 0. The van der Waals surface area contributed by atoms with Crippen molar-refractivity contribution < 1.29 is 4.79 Å². The van der Waals surface area contributed by atoms with Crippen molar-refractivity contribution in [1.82, 2.24) is 20.7 Å². The fraction of sp³-hybridized carbons (Fsp3) is 0.591. The Labute approximate surface area is 165 Å². The zero-order valence-corrected chi connectivity index (χ0v) is 17.5. The average Bonchev–Trinajstić information content (AvgIpc) is 2.61. The number of hydrogen-bond donors (Lipinski definition) is 2. The summed E-state index contributed by atoms with van der Waals surface area (Å²) in [7, 11) is 0. The van der Waals surface area contributed by atoms with Crippen molar-refractivity contribution in [3.63, 3.8) is 0 Å². The standard InChI is InChI=1S/C22H38N4O/c1-7-11-21(12-8-2)13-9-10-14-25-16-20(6)26(17-19(25)5)22(27)15-23-24-18(3)4/h7,11,20,23-24H,1,3,5,8-10,12-17H2,2,4,6H3/b21-11+. The highest BCUT2D eigenvalue weighted by molar-refractivity contribution is 5.79. The molecule has 152 valence electrons. The fourth-order valence-corrected chi connectivity index (χ4v) is 3.39. The van der Waals surface area contributed by atoms with Crippen LogP contribution in [0.15, 0.2) is 48.9 Å². The molecule has 0 aliphatic carbocycles. The molecule has 1 aliphatic rings. The third-order valence-electron chi connectivity index (χ3n) is 4.78. The molecule has 0 spiro atoms. The third-order valence-corrected chi connectivity index (χ3v) is 4.78. The van der Waals surface area contributed by atoms with E-state index in [1.54, 1.807) is 0 Å². The number of nitrogens with one attached hydrogen (secondary N) is 2. The highest BCUT2D eigenvalue weighted by Crippen LogP contribution is 2.19. The highest BCUT2D eigenvalue weighted by Gasteiger charge is 2.28. The van der Waals surface area contributed by atoms with Crippen LogP contribution in [-0.2, 0) is 4.79 Å². The molecule has 5 heteroatoms. The first-order valence-electron chi connectivity index (χ1n) is 10.1. The fourth-order valence-electron chi connectivity index (χ4n) is 3.39. The second kappa shape index (κ2) is 12.4. The lowest BCUT2D eigenvalue weighted by Crippen LogP contribution is -2.55. The summed E-state index contributed by atoms with van der Waals surface area (Å²) in [5, 5.41) is 0. The van der Waals surface area contributed by atoms with E-state index in [4.69, 9.17) is 0 Å². The van der Waals surface area contributed by atoms with Crippen molar-refractivity contribution >= 4 is 5.91 Å². The highest BCUT2D eigenvalue weighted by atomic mass is 16.2. The van der Waals surface area contributed by atoms with Crippen LogP contribution in [0.2, 0.25) is 0 Å². The van der Waals surface area contributed by atoms with Crippen molar-refractivity contribution in [2.75, 3.05) is 26.2 Å². The molecule has 0 aromatic rings. The Hall–Kier alpha value is -2.01. The Morgan fingerprint density at radius 2 is 2.07 bits per heavy atom. The summed E-state index contributed by atoms with van der Waals surface area (Å²) in [4.78, 5) is 16.7. The summed E-state index contributed by atoms with van der Waals surface area (Å²) in [5.41, 5.74) is 9.09. The number of carbonyl (C=O) groups is 1. The molecule has 5 nitrogen and oxygen atoms in total. The largest absolute Gasteiger partial charge is 0.372 e. The predicted octanol–water partition coefficient (Wildman–Crippen LogP) is 3.74. The molecular weight excluding hydrogens is 336 g/mol. The molecule has 2 N–H and O–H groups in total. The molecule has 1 atom stereocenters. The minimum atomic E-state index is 0.0795. The van der Waals surface area contributed by atoms with Gasteiger partial charge in [0.05, 0.1) is 13.1 Å². The first-order valence-corrected chi connectivity index (χ1v) is 10.1. The summed E-state index contributed by atoms with van der Waals surface area (Å²) < 4.78 is 0. The topological polar surface area (TPSA) is 47.6 Å². The van der Waals surface area contributed by atoms with Gasteiger partial charge in [-0.15, -0.1) is 0 Å². The second-order valence-electron chi connectivity index (χ2n) is 7.41. The number of rotatable bonds is 12. The molecule has 0 bridgehead atoms. The Bertz CT molecular complexity index is 553. The number of carbonyl (C=O) groups excluding carboxylic acids is 1. The SMILES string of the molecule is C=C/C=C(\CCC)CCCCN1CC(C)N(C(=O)CNNC(=C)C)CC1=C. The molecule has 0 aromatic heterocycles. The van der Waals surface area contributed by atoms with E-state index >= 15 is 0 Å². The molecule has 0 saturated carbocycles. The third kappa shape index (κ3) is 8.48. The zero-order chi connectivity index (χ0) is 20.2. The van der Waals surface area contributed by atoms with Gasteiger partial charge in [0.2, 0.25) is 5.91 Å². The van der Waals surface area contributed by atoms with Crippen LogP contribution in [0.5, 0.6) is 0 Å². The first kappa shape index (κ1) is 23.0. The van der Waals surface area contributed by atoms with E-state index < -0.39 is 0 Å². The van der Waals surface area contributed by atoms with Crippen molar-refractivity contribution in [2.45, 2.75) is 58.9 Å². The Kier molecular flexibility index (Phi) is 10.6. The van der Waals surface area contributed by atoms with Gasteiger partial charge in [0, 0.05) is 30.5 Å². The van der Waals surface area contributed by atoms with Crippen LogP contribution in [-0.4, -0.2) is 47.9 Å². The summed E-state index contributed by atoms with van der Waals surface area (Å²) in [6.07, 6.45) is 9.85. The minimum absolute atomic E-state index is 0.0795. The van der Waals surface area contributed by atoms with Crippen LogP contribution in [0.1, 0.15) is 52.9 Å². The molecule has 0 radical (unpaired) electrons. The molecule has 1 saturated heterocycles. The number of hydrogen-bond acceptors (Lipinski definition) is 4. The summed E-state index contributed by atoms with van der Waals surface area (Å²) in [5.74, 6) is 0.0795. The maximum absolute atomic E-state index is 12.4. The normalized spacial score (nSPS) is 17.8. The zero-order valence-electron chi connectivity index (χ0n) is 17.5. The number of nitrogens with zero attached hydrogens (tertiary/aromatic N) is 2. The molecule has 1 heterocycles. The number of piperazine rings is 1. The number of allylic oxidation sites excluding steroid dienone is 4. The van der Waals surface area contributed by atoms with Gasteiger partial charge in [-0.3, -0.25) is 4.79 Å². The lowest BCUT2D eigenvalue weighted by molar-refractivity contribution is -0.133. The van der Waals surface area contributed by atoms with E-state index in [9.17, 15) is 4.79 Å². The van der Waals surface area contributed by atoms with Gasteiger partial charge >= 0.3 is 0 Å². The van der Waals surface area contributed by atoms with Crippen molar-refractivity contribution in [1.29, 1.82) is 0 Å². The van der Waals surface area contributed by atoms with Gasteiger partial charge < -0.3 is 15.2 Å². The van der Waals surface area contributed by atoms with Crippen LogP contribution in [0.3, 0.4) is 0 Å².